The molecule has 2 rings (SSSR count). The summed E-state index contributed by atoms with van der Waals surface area (Å²) in [5.74, 6) is -0.295. The predicted molar refractivity (Wildman–Crippen MR) is 442 cm³/mol. The molecule has 9 N–H and O–H groups in total. The highest BCUT2D eigenvalue weighted by atomic mass is 16.7. The fourth-order valence-electron chi connectivity index (χ4n) is 12.8. The Balaban J connectivity index is 1.66. The van der Waals surface area contributed by atoms with Gasteiger partial charge in [-0.15, -0.1) is 0 Å². The van der Waals surface area contributed by atoms with Crippen LogP contribution >= 0.6 is 0 Å². The summed E-state index contributed by atoms with van der Waals surface area (Å²) >= 11 is 0. The van der Waals surface area contributed by atoms with E-state index in [1.54, 1.807) is 6.08 Å². The molecule has 14 heteroatoms. The second-order valence-corrected chi connectivity index (χ2v) is 28.9. The third kappa shape index (κ3) is 54.9. The lowest BCUT2D eigenvalue weighted by molar-refractivity contribution is -0.359. The summed E-state index contributed by atoms with van der Waals surface area (Å²) in [6.45, 7) is 2.66. The van der Waals surface area contributed by atoms with Crippen molar-refractivity contribution < 1.29 is 64.6 Å². The molecule has 0 aliphatic carbocycles. The van der Waals surface area contributed by atoms with Crippen molar-refractivity contribution in [2.75, 3.05) is 19.8 Å². The topological polar surface area (TPSA) is 228 Å². The lowest BCUT2D eigenvalue weighted by atomic mass is 9.97. The Morgan fingerprint density at radius 2 is 0.660 bits per heavy atom. The van der Waals surface area contributed by atoms with Crippen LogP contribution in [0.2, 0.25) is 0 Å². The van der Waals surface area contributed by atoms with Crippen molar-refractivity contribution in [3.63, 3.8) is 0 Å². The highest BCUT2D eigenvalue weighted by Gasteiger charge is 2.51. The van der Waals surface area contributed by atoms with Gasteiger partial charge >= 0.3 is 0 Å². The van der Waals surface area contributed by atoms with Gasteiger partial charge < -0.3 is 65.1 Å². The number of aliphatic hydroxyl groups is 8. The van der Waals surface area contributed by atoms with Crippen LogP contribution in [0.1, 0.15) is 309 Å². The van der Waals surface area contributed by atoms with Crippen molar-refractivity contribution in [3.8, 4) is 0 Å². The van der Waals surface area contributed by atoms with E-state index in [0.717, 1.165) is 103 Å². The van der Waals surface area contributed by atoms with E-state index in [4.69, 9.17) is 18.9 Å². The van der Waals surface area contributed by atoms with Gasteiger partial charge in [0.1, 0.15) is 48.8 Å². The Hall–Kier alpha value is -4.65. The molecule has 14 nitrogen and oxygen atoms in total. The van der Waals surface area contributed by atoms with Crippen LogP contribution in [0.25, 0.3) is 0 Å². The van der Waals surface area contributed by atoms with Crippen molar-refractivity contribution >= 4 is 5.91 Å². The summed E-state index contributed by atoms with van der Waals surface area (Å²) in [4.78, 5) is 13.4. The third-order valence-electron chi connectivity index (χ3n) is 19.4. The fraction of sp³-hybridized carbons (Fsp3) is 0.685. The van der Waals surface area contributed by atoms with Crippen LogP contribution < -0.4 is 5.32 Å². The van der Waals surface area contributed by atoms with Crippen LogP contribution in [0.15, 0.2) is 170 Å². The van der Waals surface area contributed by atoms with Crippen LogP contribution in [0, 0.1) is 0 Å². The largest absolute Gasteiger partial charge is 0.394 e. The number of hydrogen-bond donors (Lipinski definition) is 9. The van der Waals surface area contributed by atoms with E-state index in [9.17, 15) is 45.6 Å². The van der Waals surface area contributed by atoms with Crippen molar-refractivity contribution in [2.24, 2.45) is 0 Å². The van der Waals surface area contributed by atoms with Crippen LogP contribution in [0.4, 0.5) is 0 Å². The van der Waals surface area contributed by atoms with Crippen LogP contribution in [0.3, 0.4) is 0 Å². The molecule has 0 aromatic rings. The van der Waals surface area contributed by atoms with Gasteiger partial charge in [-0.25, -0.2) is 0 Å². The average molecular weight is 1480 g/mol. The molecule has 2 aliphatic rings. The molecule has 0 spiro atoms. The molecular formula is C92H153NO13. The lowest BCUT2D eigenvalue weighted by Gasteiger charge is -2.46. The standard InChI is InChI=1S/C92H153NO13/c1-3-5-7-9-11-13-15-17-19-21-23-25-27-29-31-33-35-37-38-39-40-41-42-44-46-48-50-52-54-56-58-60-62-64-66-68-70-72-74-76-84(97)93-80(79-103-91-89(102)87(100)90(83(78-95)105-91)106-92-88(101)86(99)85(98)82(77-94)104-92)81(96)75-73-71-69-67-65-63-61-59-57-55-53-51-49-47-45-43-36-34-32-30-28-26-24-22-20-18-16-14-12-10-8-6-4-2/h5,7,11,13,17,19,23,25,29,31,35,37,39-40,42,44,48,50,54,56,60,62,65-68,73,75,80-83,85-92,94-96,98-102H,3-4,6,8-10,12,14-16,18,20-22,24,26-28,30,32-34,36,38,41,43,45-47,49,51-53,55,57-59,61,63-64,69-72,74,76-79H2,1-2H3,(H,93,97)/b7-5-,13-11-,19-17-,25-23-,31-29-,37-35-,40-39-,44-42-,50-48-,56-54-,62-60-,67-65+,68-66-,75-73+. The van der Waals surface area contributed by atoms with E-state index < -0.39 is 86.8 Å². The lowest BCUT2D eigenvalue weighted by Crippen LogP contribution is -2.65. The Bertz CT molecular complexity index is 2450. The number of rotatable bonds is 69. The summed E-state index contributed by atoms with van der Waals surface area (Å²) in [7, 11) is 0. The number of aliphatic hydroxyl groups excluding tert-OH is 8. The summed E-state index contributed by atoms with van der Waals surface area (Å²) < 4.78 is 22.9. The van der Waals surface area contributed by atoms with Crippen molar-refractivity contribution in [1.82, 2.24) is 5.32 Å². The van der Waals surface area contributed by atoms with Gasteiger partial charge in [0.15, 0.2) is 12.6 Å². The molecule has 12 unspecified atom stereocenters. The van der Waals surface area contributed by atoms with Gasteiger partial charge in [-0.3, -0.25) is 4.79 Å². The first-order chi connectivity index (χ1) is 52.1. The van der Waals surface area contributed by atoms with Gasteiger partial charge in [-0.05, 0) is 122 Å². The number of carbonyl (C=O) groups excluding carboxylic acids is 1. The van der Waals surface area contributed by atoms with Crippen LogP contribution in [-0.2, 0) is 23.7 Å². The molecule has 0 radical (unpaired) electrons. The second kappa shape index (κ2) is 73.2. The monoisotopic (exact) mass is 1480 g/mol. The van der Waals surface area contributed by atoms with E-state index in [1.807, 2.05) is 6.08 Å². The minimum atomic E-state index is -1.81. The van der Waals surface area contributed by atoms with Gasteiger partial charge in [0.25, 0.3) is 0 Å². The van der Waals surface area contributed by atoms with Crippen molar-refractivity contribution in [3.05, 3.63) is 170 Å². The van der Waals surface area contributed by atoms with E-state index in [-0.39, 0.29) is 18.9 Å². The summed E-state index contributed by atoms with van der Waals surface area (Å²) in [5, 5.41) is 87.7. The predicted octanol–water partition coefficient (Wildman–Crippen LogP) is 20.2. The Kier molecular flexibility index (Phi) is 67.3. The highest BCUT2D eigenvalue weighted by molar-refractivity contribution is 5.76. The van der Waals surface area contributed by atoms with E-state index in [2.05, 4.69) is 177 Å². The van der Waals surface area contributed by atoms with E-state index in [0.29, 0.717) is 12.8 Å². The number of unbranched alkanes of at least 4 members (excludes halogenated alkanes) is 30. The number of allylic oxidation sites excluding steroid dienone is 27. The van der Waals surface area contributed by atoms with Gasteiger partial charge in [0.2, 0.25) is 5.91 Å². The van der Waals surface area contributed by atoms with Crippen molar-refractivity contribution in [2.45, 2.75) is 383 Å². The number of carbonyl (C=O) groups is 1. The Morgan fingerprint density at radius 3 is 1.04 bits per heavy atom. The smallest absolute Gasteiger partial charge is 0.220 e. The molecule has 2 aliphatic heterocycles. The Morgan fingerprint density at radius 1 is 0.349 bits per heavy atom. The maximum atomic E-state index is 13.4. The molecule has 0 aromatic carbocycles. The van der Waals surface area contributed by atoms with Gasteiger partial charge in [0, 0.05) is 6.42 Å². The minimum Gasteiger partial charge on any atom is -0.394 e. The first kappa shape index (κ1) is 97.4. The van der Waals surface area contributed by atoms with Crippen LogP contribution in [0.5, 0.6) is 0 Å². The normalized spacial score (nSPS) is 22.2. The molecule has 106 heavy (non-hydrogen) atoms. The molecule has 1 amide bonds. The molecule has 2 saturated heterocycles. The zero-order valence-corrected chi connectivity index (χ0v) is 66.4. The first-order valence-electron chi connectivity index (χ1n) is 42.4. The third-order valence-corrected chi connectivity index (χ3v) is 19.4. The molecule has 2 fully saturated rings. The van der Waals surface area contributed by atoms with E-state index >= 15 is 0 Å². The molecule has 0 saturated carbocycles. The first-order valence-corrected chi connectivity index (χ1v) is 42.4. The average Bonchev–Trinajstić information content (AvgIpc) is 0.789. The van der Waals surface area contributed by atoms with Gasteiger partial charge in [0.05, 0.1) is 32.0 Å². The molecular weight excluding hydrogens is 1330 g/mol. The fourth-order valence-corrected chi connectivity index (χ4v) is 12.8. The number of amides is 1. The zero-order valence-electron chi connectivity index (χ0n) is 66.4. The summed E-state index contributed by atoms with van der Waals surface area (Å²) in [6, 6.07) is -0.971. The maximum absolute atomic E-state index is 13.4. The number of nitrogens with one attached hydrogen (secondary N) is 1. The minimum absolute atomic E-state index is 0.207. The summed E-state index contributed by atoms with van der Waals surface area (Å²) in [5.41, 5.74) is 0. The number of hydrogen-bond acceptors (Lipinski definition) is 13. The van der Waals surface area contributed by atoms with Crippen molar-refractivity contribution in [1.29, 1.82) is 0 Å². The second-order valence-electron chi connectivity index (χ2n) is 28.9. The van der Waals surface area contributed by atoms with Gasteiger partial charge in [-0.2, -0.15) is 0 Å². The maximum Gasteiger partial charge on any atom is 0.220 e. The van der Waals surface area contributed by atoms with E-state index in [1.165, 1.54) is 173 Å². The quantitative estimate of drug-likeness (QED) is 0.0204. The molecule has 12 atom stereocenters. The SMILES string of the molecule is CC/C=C\C/C=C\C/C=C\C/C=C\C/C=C\C/C=C\C/C=C\C/C=C\C/C=C\C/C=C\C/C=C\C/C=C\CCCCC(=O)NC(COC1OC(CO)C(OC2OC(CO)C(O)C(O)C2O)C(O)C1O)C(O)/C=C/CC/C=C/CCCCCCCCCCCCCCCCCCCCCCCCCCCCC. The van der Waals surface area contributed by atoms with Gasteiger partial charge in [-0.1, -0.05) is 351 Å². The zero-order chi connectivity index (χ0) is 76.5. The van der Waals surface area contributed by atoms with Crippen LogP contribution in [-0.4, -0.2) is 140 Å². The molecule has 604 valence electrons. The summed E-state index contributed by atoms with van der Waals surface area (Å²) in [6.07, 6.45) is 97.3. The Labute approximate surface area is 645 Å². The molecule has 0 aromatic heterocycles. The number of ether oxygens (including phenoxy) is 4. The molecule has 0 bridgehead atoms. The molecule has 2 heterocycles. The highest BCUT2D eigenvalue weighted by Crippen LogP contribution is 2.30.